The van der Waals surface area contributed by atoms with Gasteiger partial charge in [0.05, 0.1) is 19.3 Å². The highest BCUT2D eigenvalue weighted by atomic mass is 16.6. The van der Waals surface area contributed by atoms with E-state index in [9.17, 15) is 4.79 Å². The Morgan fingerprint density at radius 1 is 1.44 bits per heavy atom. The molecule has 0 aliphatic rings. The van der Waals surface area contributed by atoms with E-state index in [1.807, 2.05) is 0 Å². The lowest BCUT2D eigenvalue weighted by Gasteiger charge is -2.06. The second kappa shape index (κ2) is 10.9. The lowest BCUT2D eigenvalue weighted by molar-refractivity contribution is -0.148. The number of aliphatic hydroxyl groups is 1. The molecule has 2 N–H and O–H groups in total. The Morgan fingerprint density at radius 2 is 2.19 bits per heavy atom. The van der Waals surface area contributed by atoms with Crippen molar-refractivity contribution in [2.24, 2.45) is 0 Å². The van der Waals surface area contributed by atoms with E-state index >= 15 is 0 Å². The summed E-state index contributed by atoms with van der Waals surface area (Å²) < 4.78 is 9.79. The van der Waals surface area contributed by atoms with Gasteiger partial charge in [0.2, 0.25) is 0 Å². The normalized spacial score (nSPS) is 12.4. The van der Waals surface area contributed by atoms with Crippen LogP contribution in [0.2, 0.25) is 0 Å². The second-order valence-corrected chi connectivity index (χ2v) is 3.60. The van der Waals surface area contributed by atoms with Gasteiger partial charge in [-0.1, -0.05) is 0 Å². The summed E-state index contributed by atoms with van der Waals surface area (Å²) in [6.45, 7) is 6.01. The molecule has 0 radical (unpaired) electrons. The molecule has 96 valence electrons. The molecule has 0 heterocycles. The van der Waals surface area contributed by atoms with Crippen LogP contribution in [0.4, 0.5) is 0 Å². The molecule has 0 saturated heterocycles. The first kappa shape index (κ1) is 15.3. The molecule has 0 bridgehead atoms. The Labute approximate surface area is 97.1 Å². The van der Waals surface area contributed by atoms with E-state index in [0.29, 0.717) is 19.8 Å². The summed E-state index contributed by atoms with van der Waals surface area (Å²) in [6.07, 6.45) is 1.51. The van der Waals surface area contributed by atoms with Gasteiger partial charge in [0.15, 0.2) is 0 Å². The average molecular weight is 233 g/mol. The summed E-state index contributed by atoms with van der Waals surface area (Å²) in [7, 11) is 0. The number of carbonyl (C=O) groups is 1. The lowest BCUT2D eigenvalue weighted by atomic mass is 10.2. The van der Waals surface area contributed by atoms with Crippen LogP contribution < -0.4 is 5.32 Å². The lowest BCUT2D eigenvalue weighted by Crippen LogP contribution is -2.23. The largest absolute Gasteiger partial charge is 0.464 e. The minimum atomic E-state index is -0.323. The predicted molar refractivity (Wildman–Crippen MR) is 61.2 cm³/mol. The molecule has 0 spiro atoms. The smallest absolute Gasteiger partial charge is 0.332 e. The monoisotopic (exact) mass is 233 g/mol. The molecule has 0 aliphatic heterocycles. The van der Waals surface area contributed by atoms with Gasteiger partial charge in [-0.05, 0) is 33.2 Å². The third kappa shape index (κ3) is 11.4. The van der Waals surface area contributed by atoms with Gasteiger partial charge in [-0.2, -0.15) is 0 Å². The van der Waals surface area contributed by atoms with E-state index in [4.69, 9.17) is 14.6 Å². The molecule has 0 saturated carbocycles. The number of nitrogens with one attached hydrogen (secondary N) is 1. The van der Waals surface area contributed by atoms with Crippen LogP contribution in [0.15, 0.2) is 0 Å². The summed E-state index contributed by atoms with van der Waals surface area (Å²) in [5.74, 6) is -0.323. The Bertz CT molecular complexity index is 173. The molecule has 16 heavy (non-hydrogen) atoms. The van der Waals surface area contributed by atoms with E-state index in [1.54, 1.807) is 13.8 Å². The van der Waals surface area contributed by atoms with Crippen LogP contribution in [0.3, 0.4) is 0 Å². The number of hydrogen-bond acceptors (Lipinski definition) is 5. The molecule has 0 rings (SSSR count). The van der Waals surface area contributed by atoms with Crippen molar-refractivity contribution in [3.05, 3.63) is 0 Å². The highest BCUT2D eigenvalue weighted by molar-refractivity contribution is 5.70. The minimum Gasteiger partial charge on any atom is -0.464 e. The molecule has 0 amide bonds. The number of carbonyl (C=O) groups excluding carboxylic acids is 1. The van der Waals surface area contributed by atoms with Crippen LogP contribution in [0.5, 0.6) is 0 Å². The zero-order valence-electron chi connectivity index (χ0n) is 10.2. The first-order valence-electron chi connectivity index (χ1n) is 5.79. The molecule has 0 aromatic heterocycles. The molecule has 1 unspecified atom stereocenters. The Hall–Kier alpha value is -0.650. The number of ether oxygens (including phenoxy) is 2. The Balaban J connectivity index is 3.07. The number of hydrogen-bond donors (Lipinski definition) is 2. The third-order valence-electron chi connectivity index (χ3n) is 1.92. The van der Waals surface area contributed by atoms with Crippen LogP contribution in [0.25, 0.3) is 0 Å². The van der Waals surface area contributed by atoms with Crippen LogP contribution in [0.1, 0.15) is 26.7 Å². The quantitative estimate of drug-likeness (QED) is 0.420. The van der Waals surface area contributed by atoms with Crippen molar-refractivity contribution in [3.8, 4) is 0 Å². The maximum Gasteiger partial charge on any atom is 0.332 e. The van der Waals surface area contributed by atoms with Crippen molar-refractivity contribution in [1.29, 1.82) is 0 Å². The minimum absolute atomic E-state index is 0.0171. The van der Waals surface area contributed by atoms with Crippen molar-refractivity contribution in [2.75, 3.05) is 32.9 Å². The van der Waals surface area contributed by atoms with Gasteiger partial charge in [-0.3, -0.25) is 0 Å². The fourth-order valence-electron chi connectivity index (χ4n) is 1.15. The van der Waals surface area contributed by atoms with Crippen molar-refractivity contribution >= 4 is 5.97 Å². The summed E-state index contributed by atoms with van der Waals surface area (Å²) in [6, 6.07) is 0. The van der Waals surface area contributed by atoms with E-state index < -0.39 is 0 Å². The summed E-state index contributed by atoms with van der Waals surface area (Å²) in [5, 5.41) is 12.2. The zero-order chi connectivity index (χ0) is 12.2. The van der Waals surface area contributed by atoms with Gasteiger partial charge in [-0.15, -0.1) is 0 Å². The first-order valence-corrected chi connectivity index (χ1v) is 5.79. The van der Waals surface area contributed by atoms with Gasteiger partial charge in [-0.25, -0.2) is 4.79 Å². The molecule has 1 atom stereocenters. The van der Waals surface area contributed by atoms with Gasteiger partial charge in [0.25, 0.3) is 0 Å². The van der Waals surface area contributed by atoms with Gasteiger partial charge in [0.1, 0.15) is 6.61 Å². The second-order valence-electron chi connectivity index (χ2n) is 3.60. The third-order valence-corrected chi connectivity index (χ3v) is 1.92. The van der Waals surface area contributed by atoms with E-state index in [0.717, 1.165) is 19.4 Å². The maximum absolute atomic E-state index is 10.9. The standard InChI is InChI=1S/C11H23NO4/c1-3-16-11(14)9-15-8-7-12-6-4-5-10(2)13/h10,12-13H,3-9H2,1-2H3. The molecular formula is C11H23NO4. The van der Waals surface area contributed by atoms with Crippen LogP contribution >= 0.6 is 0 Å². The highest BCUT2D eigenvalue weighted by Crippen LogP contribution is 1.92. The van der Waals surface area contributed by atoms with Crippen molar-refractivity contribution in [3.63, 3.8) is 0 Å². The average Bonchev–Trinajstić information content (AvgIpc) is 2.22. The SMILES string of the molecule is CCOC(=O)COCCNCCCC(C)O. The summed E-state index contributed by atoms with van der Waals surface area (Å²) in [5.41, 5.74) is 0. The first-order chi connectivity index (χ1) is 7.66. The molecule has 5 nitrogen and oxygen atoms in total. The molecule has 0 fully saturated rings. The van der Waals surface area contributed by atoms with Gasteiger partial charge in [0, 0.05) is 6.54 Å². The predicted octanol–water partition coefficient (Wildman–Crippen LogP) is 0.317. The van der Waals surface area contributed by atoms with Crippen molar-refractivity contribution in [2.45, 2.75) is 32.8 Å². The number of rotatable bonds is 10. The molecule has 0 aromatic rings. The fourth-order valence-corrected chi connectivity index (χ4v) is 1.15. The van der Waals surface area contributed by atoms with Crippen molar-refractivity contribution < 1.29 is 19.4 Å². The van der Waals surface area contributed by atoms with E-state index in [2.05, 4.69) is 5.32 Å². The van der Waals surface area contributed by atoms with Crippen molar-refractivity contribution in [1.82, 2.24) is 5.32 Å². The zero-order valence-corrected chi connectivity index (χ0v) is 10.2. The fraction of sp³-hybridized carbons (Fsp3) is 0.909. The number of esters is 1. The highest BCUT2D eigenvalue weighted by Gasteiger charge is 2.00. The topological polar surface area (TPSA) is 67.8 Å². The molecule has 0 aromatic carbocycles. The van der Waals surface area contributed by atoms with Crippen LogP contribution in [0, 0.1) is 0 Å². The summed E-state index contributed by atoms with van der Waals surface area (Å²) >= 11 is 0. The molecular weight excluding hydrogens is 210 g/mol. The van der Waals surface area contributed by atoms with Crippen LogP contribution in [-0.2, 0) is 14.3 Å². The molecule has 5 heteroatoms. The van der Waals surface area contributed by atoms with E-state index in [1.165, 1.54) is 0 Å². The Kier molecular flexibility index (Phi) is 10.4. The summed E-state index contributed by atoms with van der Waals surface area (Å²) in [4.78, 5) is 10.9. The van der Waals surface area contributed by atoms with Crippen LogP contribution in [-0.4, -0.2) is 50.1 Å². The molecule has 0 aliphatic carbocycles. The van der Waals surface area contributed by atoms with Gasteiger partial charge < -0.3 is 19.9 Å². The number of aliphatic hydroxyl groups excluding tert-OH is 1. The Morgan fingerprint density at radius 3 is 2.81 bits per heavy atom. The maximum atomic E-state index is 10.9. The van der Waals surface area contributed by atoms with E-state index in [-0.39, 0.29) is 18.7 Å². The van der Waals surface area contributed by atoms with Gasteiger partial charge >= 0.3 is 5.97 Å².